The van der Waals surface area contributed by atoms with Crippen LogP contribution in [0.25, 0.3) is 0 Å². The number of ether oxygens (including phenoxy) is 2. The Morgan fingerprint density at radius 3 is 0.761 bits per heavy atom. The lowest BCUT2D eigenvalue weighted by molar-refractivity contribution is -0.368. The Balaban J connectivity index is 2.26. The summed E-state index contributed by atoms with van der Waals surface area (Å²) in [5.74, 6) is -57.8. The normalized spacial score (nSPS) is 13.8. The molecule has 0 spiro atoms. The molecule has 2 aromatic rings. The topological polar surface area (TPSA) is 18.5 Å². The van der Waals surface area contributed by atoms with Crippen molar-refractivity contribution in [2.45, 2.75) is 48.9 Å². The molecule has 46 heavy (non-hydrogen) atoms. The molecule has 2 aromatic carbocycles. The highest BCUT2D eigenvalue weighted by atomic mass is 19.4. The van der Waals surface area contributed by atoms with Gasteiger partial charge in [0, 0.05) is 0 Å². The van der Waals surface area contributed by atoms with Gasteiger partial charge >= 0.3 is 36.0 Å². The minimum Gasteiger partial charge on any atom is -0.487 e. The van der Waals surface area contributed by atoms with E-state index in [-0.39, 0.29) is 0 Å². The third-order valence-electron chi connectivity index (χ3n) is 5.65. The van der Waals surface area contributed by atoms with Crippen molar-refractivity contribution in [3.8, 4) is 11.5 Å². The lowest BCUT2D eigenvalue weighted by atomic mass is 9.95. The molecule has 0 saturated carbocycles. The molecule has 0 fully saturated rings. The first-order valence-corrected chi connectivity index (χ1v) is 11.1. The van der Waals surface area contributed by atoms with Crippen molar-refractivity contribution in [3.05, 3.63) is 57.7 Å². The maximum Gasteiger partial charge on any atom is 0.422 e. The monoisotopic (exact) mass is 722 g/mol. The first-order valence-electron chi connectivity index (χ1n) is 11.1. The second-order valence-electron chi connectivity index (χ2n) is 8.67. The molecular formula is C22H8F22O2. The smallest absolute Gasteiger partial charge is 0.422 e. The average Bonchev–Trinajstić information content (AvgIpc) is 2.88. The van der Waals surface area contributed by atoms with E-state index in [2.05, 4.69) is 9.47 Å². The summed E-state index contributed by atoms with van der Waals surface area (Å²) in [6, 6.07) is 0. The van der Waals surface area contributed by atoms with Gasteiger partial charge in [0.2, 0.25) is 23.3 Å². The van der Waals surface area contributed by atoms with Crippen LogP contribution < -0.4 is 9.47 Å². The highest BCUT2D eigenvalue weighted by Crippen LogP contribution is 2.54. The third kappa shape index (κ3) is 6.65. The lowest BCUT2D eigenvalue weighted by Gasteiger charge is -2.36. The molecule has 262 valence electrons. The van der Waals surface area contributed by atoms with Crippen LogP contribution in [0.5, 0.6) is 11.5 Å². The summed E-state index contributed by atoms with van der Waals surface area (Å²) in [5, 5.41) is 0. The molecule has 0 amide bonds. The molecule has 0 unspecified atom stereocenters. The zero-order valence-corrected chi connectivity index (χ0v) is 21.0. The Morgan fingerprint density at radius 2 is 0.565 bits per heavy atom. The van der Waals surface area contributed by atoms with E-state index < -0.39 is 131 Å². The molecule has 0 bridgehead atoms. The Hall–Kier alpha value is -3.50. The number of rotatable bonds is 11. The summed E-state index contributed by atoms with van der Waals surface area (Å²) in [6.07, 6.45) is -18.2. The van der Waals surface area contributed by atoms with Crippen molar-refractivity contribution < 1.29 is 106 Å². The van der Waals surface area contributed by atoms with E-state index >= 15 is 0 Å². The van der Waals surface area contributed by atoms with Crippen LogP contribution in [0.1, 0.15) is 24.0 Å². The lowest BCUT2D eigenvalue weighted by Crippen LogP contribution is -2.62. The highest BCUT2D eigenvalue weighted by molar-refractivity contribution is 5.37. The predicted octanol–water partition coefficient (Wildman–Crippen LogP) is 9.62. The van der Waals surface area contributed by atoms with Crippen LogP contribution in [-0.2, 0) is 12.4 Å². The summed E-state index contributed by atoms with van der Waals surface area (Å²) in [7, 11) is 0. The Kier molecular flexibility index (Phi) is 10.3. The van der Waals surface area contributed by atoms with Crippen LogP contribution in [-0.4, -0.2) is 36.9 Å². The molecule has 2 nitrogen and oxygen atoms in total. The minimum atomic E-state index is -7.26. The number of hydrogen-bond donors (Lipinski definition) is 0. The van der Waals surface area contributed by atoms with E-state index in [9.17, 15) is 96.6 Å². The highest BCUT2D eigenvalue weighted by Gasteiger charge is 2.79. The van der Waals surface area contributed by atoms with Crippen molar-refractivity contribution in [1.82, 2.24) is 0 Å². The van der Waals surface area contributed by atoms with Gasteiger partial charge in [-0.3, -0.25) is 0 Å². The second-order valence-corrected chi connectivity index (χ2v) is 8.67. The van der Waals surface area contributed by atoms with Gasteiger partial charge in [0.25, 0.3) is 0 Å². The molecule has 0 aliphatic rings. The van der Waals surface area contributed by atoms with Crippen LogP contribution in [0.15, 0.2) is 0 Å². The fourth-order valence-electron chi connectivity index (χ4n) is 3.31. The Bertz CT molecular complexity index is 1290. The van der Waals surface area contributed by atoms with Crippen LogP contribution in [0.2, 0.25) is 0 Å². The number of hydrogen-bond acceptors (Lipinski definition) is 2. The van der Waals surface area contributed by atoms with E-state index in [1.165, 1.54) is 0 Å². The fourth-order valence-corrected chi connectivity index (χ4v) is 3.31. The fraction of sp³-hybridized carbons (Fsp3) is 0.455. The predicted molar refractivity (Wildman–Crippen MR) is 103 cm³/mol. The van der Waals surface area contributed by atoms with Gasteiger partial charge < -0.3 is 9.47 Å². The van der Waals surface area contributed by atoms with Crippen molar-refractivity contribution >= 4 is 0 Å². The maximum atomic E-state index is 14.0. The van der Waals surface area contributed by atoms with Crippen molar-refractivity contribution in [3.63, 3.8) is 0 Å². The SMILES string of the molecule is Fc1c(F)c(C(F)(F)F)c(F)c(F)c1OCCC(F)(F)C(F)(F)C(F)(F)C(F)(F)CCOc1c(F)c(F)c(C(F)(F)F)c(F)c1F. The number of alkyl halides is 14. The van der Waals surface area contributed by atoms with Gasteiger partial charge in [0.05, 0.1) is 26.1 Å². The number of halogens is 22. The summed E-state index contributed by atoms with van der Waals surface area (Å²) in [5.41, 5.74) is -6.40. The molecule has 0 N–H and O–H groups in total. The second kappa shape index (κ2) is 12.3. The van der Waals surface area contributed by atoms with E-state index in [4.69, 9.17) is 0 Å². The van der Waals surface area contributed by atoms with Crippen LogP contribution in [0, 0.1) is 46.5 Å². The largest absolute Gasteiger partial charge is 0.487 e. The van der Waals surface area contributed by atoms with E-state index in [0.29, 0.717) is 0 Å². The van der Waals surface area contributed by atoms with Gasteiger partial charge in [0.1, 0.15) is 11.1 Å². The van der Waals surface area contributed by atoms with Crippen LogP contribution in [0.4, 0.5) is 96.6 Å². The van der Waals surface area contributed by atoms with Crippen LogP contribution in [0.3, 0.4) is 0 Å². The van der Waals surface area contributed by atoms with Gasteiger partial charge in [-0.1, -0.05) is 0 Å². The molecule has 2 rings (SSSR count). The maximum absolute atomic E-state index is 14.0. The molecule has 0 heterocycles. The van der Waals surface area contributed by atoms with Gasteiger partial charge in [0.15, 0.2) is 34.8 Å². The summed E-state index contributed by atoms with van der Waals surface area (Å²) in [4.78, 5) is 0. The zero-order valence-electron chi connectivity index (χ0n) is 21.0. The molecule has 0 atom stereocenters. The van der Waals surface area contributed by atoms with Crippen molar-refractivity contribution in [1.29, 1.82) is 0 Å². The minimum absolute atomic E-state index is 2.42. The van der Waals surface area contributed by atoms with E-state index in [1.807, 2.05) is 0 Å². The summed E-state index contributed by atoms with van der Waals surface area (Å²) < 4.78 is 304. The van der Waals surface area contributed by atoms with Gasteiger partial charge in [-0.05, 0) is 0 Å². The first-order chi connectivity index (χ1) is 20.5. The summed E-state index contributed by atoms with van der Waals surface area (Å²) in [6.45, 7) is -4.84. The quantitative estimate of drug-likeness (QED) is 0.170. The molecule has 24 heteroatoms. The molecule has 0 aliphatic carbocycles. The standard InChI is InChI=1S/C22H8F22O2/c23-7-5(19(35,36)37)8(24)12(28)15(11(7)27)45-3-1-17(31,32)21(41,42)22(43,44)18(33,34)2-4-46-16-13(29)9(25)6(20(38,39)40)10(26)14(16)30/h1-4H2. The van der Waals surface area contributed by atoms with Gasteiger partial charge in [-0.2, -0.15) is 79.0 Å². The Morgan fingerprint density at radius 1 is 0.348 bits per heavy atom. The third-order valence-corrected chi connectivity index (χ3v) is 5.65. The Labute approximate surface area is 238 Å². The molecule has 0 saturated heterocycles. The average molecular weight is 722 g/mol. The van der Waals surface area contributed by atoms with E-state index in [0.717, 1.165) is 0 Å². The van der Waals surface area contributed by atoms with Crippen molar-refractivity contribution in [2.75, 3.05) is 13.2 Å². The van der Waals surface area contributed by atoms with Crippen molar-refractivity contribution in [2.24, 2.45) is 0 Å². The van der Waals surface area contributed by atoms with Gasteiger partial charge in [-0.25, -0.2) is 17.6 Å². The van der Waals surface area contributed by atoms with Gasteiger partial charge in [-0.15, -0.1) is 0 Å². The number of benzene rings is 2. The zero-order chi connectivity index (χ0) is 36.2. The van der Waals surface area contributed by atoms with E-state index in [1.54, 1.807) is 0 Å². The molecule has 0 aromatic heterocycles. The first kappa shape index (κ1) is 38.7. The molecule has 0 radical (unpaired) electrons. The molecule has 0 aliphatic heterocycles. The van der Waals surface area contributed by atoms with Crippen LogP contribution >= 0.6 is 0 Å². The molecular weight excluding hydrogens is 714 g/mol. The summed E-state index contributed by atoms with van der Waals surface area (Å²) >= 11 is 0.